The zero-order chi connectivity index (χ0) is 15.5. The number of carbonyl (C=O) groups excluding carboxylic acids is 1. The first kappa shape index (κ1) is 14.6. The molecule has 1 aromatic heterocycles. The van der Waals surface area contributed by atoms with Crippen molar-refractivity contribution in [2.45, 2.75) is 26.2 Å². The molecule has 3 rings (SSSR count). The molecular weight excluding hydrogens is 276 g/mol. The van der Waals surface area contributed by atoms with Gasteiger partial charge in [0.2, 0.25) is 5.91 Å². The molecule has 1 fully saturated rings. The summed E-state index contributed by atoms with van der Waals surface area (Å²) in [6.45, 7) is 2.81. The van der Waals surface area contributed by atoms with Crippen molar-refractivity contribution in [3.8, 4) is 17.0 Å². The molecule has 0 saturated carbocycles. The summed E-state index contributed by atoms with van der Waals surface area (Å²) in [5.74, 6) is 1.01. The average Bonchev–Trinajstić information content (AvgIpc) is 2.55. The highest BCUT2D eigenvalue weighted by molar-refractivity contribution is 5.97. The smallest absolute Gasteiger partial charge is 0.227 e. The van der Waals surface area contributed by atoms with Gasteiger partial charge in [0, 0.05) is 24.7 Å². The molecule has 22 heavy (non-hydrogen) atoms. The number of amides is 1. The van der Waals surface area contributed by atoms with Crippen LogP contribution in [0.25, 0.3) is 11.3 Å². The summed E-state index contributed by atoms with van der Waals surface area (Å²) in [7, 11) is 1.66. The second kappa shape index (κ2) is 6.18. The highest BCUT2D eigenvalue weighted by atomic mass is 16.5. The van der Waals surface area contributed by atoms with Crippen LogP contribution in [-0.2, 0) is 4.79 Å². The third kappa shape index (κ3) is 2.69. The largest absolute Gasteiger partial charge is 0.497 e. The highest BCUT2D eigenvalue weighted by Crippen LogP contribution is 2.34. The van der Waals surface area contributed by atoms with Gasteiger partial charge in [-0.05, 0) is 55.7 Å². The first-order valence-corrected chi connectivity index (χ1v) is 7.61. The van der Waals surface area contributed by atoms with Crippen LogP contribution in [0.5, 0.6) is 5.75 Å². The van der Waals surface area contributed by atoms with E-state index in [1.165, 1.54) is 0 Å². The van der Waals surface area contributed by atoms with E-state index in [0.717, 1.165) is 47.6 Å². The number of pyridine rings is 1. The molecule has 0 atom stereocenters. The van der Waals surface area contributed by atoms with Crippen LogP contribution in [0.15, 0.2) is 36.5 Å². The minimum absolute atomic E-state index is 0.187. The minimum Gasteiger partial charge on any atom is -0.497 e. The molecule has 0 aliphatic carbocycles. The number of ether oxygens (including phenoxy) is 1. The van der Waals surface area contributed by atoms with Gasteiger partial charge in [-0.15, -0.1) is 0 Å². The number of hydrogen-bond donors (Lipinski definition) is 0. The van der Waals surface area contributed by atoms with E-state index in [9.17, 15) is 4.79 Å². The molecule has 1 aromatic carbocycles. The lowest BCUT2D eigenvalue weighted by Gasteiger charge is -2.28. The third-order valence-corrected chi connectivity index (χ3v) is 4.09. The number of nitrogens with zero attached hydrogens (tertiary/aromatic N) is 2. The van der Waals surface area contributed by atoms with Crippen LogP contribution < -0.4 is 9.64 Å². The molecule has 1 amide bonds. The second-order valence-corrected chi connectivity index (χ2v) is 5.55. The predicted octanol–water partition coefficient (Wildman–Crippen LogP) is 3.58. The van der Waals surface area contributed by atoms with Crippen LogP contribution in [0.1, 0.15) is 24.8 Å². The molecule has 1 saturated heterocycles. The first-order chi connectivity index (χ1) is 10.7. The lowest BCUT2D eigenvalue weighted by Crippen LogP contribution is -2.35. The number of carbonyl (C=O) groups is 1. The van der Waals surface area contributed by atoms with E-state index in [1.54, 1.807) is 13.3 Å². The maximum atomic E-state index is 12.2. The SMILES string of the molecule is COc1ccc(-c2ncccc2N2CCCCC2=O)c(C)c1. The van der Waals surface area contributed by atoms with Crippen molar-refractivity contribution < 1.29 is 9.53 Å². The van der Waals surface area contributed by atoms with Gasteiger partial charge in [0.15, 0.2) is 0 Å². The molecular formula is C18H20N2O2. The lowest BCUT2D eigenvalue weighted by molar-refractivity contribution is -0.119. The Morgan fingerprint density at radius 3 is 2.82 bits per heavy atom. The fraction of sp³-hybridized carbons (Fsp3) is 0.333. The first-order valence-electron chi connectivity index (χ1n) is 7.61. The van der Waals surface area contributed by atoms with Gasteiger partial charge in [0.05, 0.1) is 18.5 Å². The topological polar surface area (TPSA) is 42.4 Å². The van der Waals surface area contributed by atoms with Gasteiger partial charge in [-0.1, -0.05) is 0 Å². The van der Waals surface area contributed by atoms with E-state index in [1.807, 2.05) is 42.2 Å². The second-order valence-electron chi connectivity index (χ2n) is 5.55. The maximum absolute atomic E-state index is 12.2. The van der Waals surface area contributed by atoms with Crippen LogP contribution in [-0.4, -0.2) is 24.5 Å². The van der Waals surface area contributed by atoms with E-state index < -0.39 is 0 Å². The van der Waals surface area contributed by atoms with Gasteiger partial charge in [-0.25, -0.2) is 0 Å². The number of benzene rings is 1. The number of rotatable bonds is 3. The molecule has 114 valence electrons. The summed E-state index contributed by atoms with van der Waals surface area (Å²) in [6.07, 6.45) is 4.42. The van der Waals surface area contributed by atoms with Gasteiger partial charge in [-0.2, -0.15) is 0 Å². The van der Waals surface area contributed by atoms with E-state index in [0.29, 0.717) is 6.42 Å². The number of piperidine rings is 1. The third-order valence-electron chi connectivity index (χ3n) is 4.09. The fourth-order valence-corrected chi connectivity index (χ4v) is 2.91. The Morgan fingerprint density at radius 2 is 2.09 bits per heavy atom. The van der Waals surface area contributed by atoms with Crippen molar-refractivity contribution in [2.75, 3.05) is 18.6 Å². The number of hydrogen-bond acceptors (Lipinski definition) is 3. The van der Waals surface area contributed by atoms with Crippen molar-refractivity contribution in [1.82, 2.24) is 4.98 Å². The Kier molecular flexibility index (Phi) is 4.09. The summed E-state index contributed by atoms with van der Waals surface area (Å²) in [4.78, 5) is 18.7. The summed E-state index contributed by atoms with van der Waals surface area (Å²) < 4.78 is 5.26. The van der Waals surface area contributed by atoms with E-state index in [4.69, 9.17) is 4.74 Å². The molecule has 1 aliphatic rings. The monoisotopic (exact) mass is 296 g/mol. The zero-order valence-electron chi connectivity index (χ0n) is 13.0. The summed E-state index contributed by atoms with van der Waals surface area (Å²) in [6, 6.07) is 9.80. The van der Waals surface area contributed by atoms with Crippen molar-refractivity contribution in [3.63, 3.8) is 0 Å². The molecule has 0 radical (unpaired) electrons. The van der Waals surface area contributed by atoms with Crippen molar-refractivity contribution >= 4 is 11.6 Å². The van der Waals surface area contributed by atoms with Gasteiger partial charge in [-0.3, -0.25) is 9.78 Å². The Hall–Kier alpha value is -2.36. The van der Waals surface area contributed by atoms with E-state index >= 15 is 0 Å². The van der Waals surface area contributed by atoms with E-state index in [2.05, 4.69) is 4.98 Å². The summed E-state index contributed by atoms with van der Waals surface area (Å²) >= 11 is 0. The van der Waals surface area contributed by atoms with Gasteiger partial charge in [0.1, 0.15) is 5.75 Å². The van der Waals surface area contributed by atoms with Gasteiger partial charge in [0.25, 0.3) is 0 Å². The molecule has 1 aliphatic heterocycles. The number of aromatic nitrogens is 1. The Bertz CT molecular complexity index is 697. The molecule has 2 heterocycles. The molecule has 0 bridgehead atoms. The minimum atomic E-state index is 0.187. The van der Waals surface area contributed by atoms with Crippen LogP contribution in [0.2, 0.25) is 0 Å². The van der Waals surface area contributed by atoms with Crippen LogP contribution in [0.3, 0.4) is 0 Å². The predicted molar refractivity (Wildman–Crippen MR) is 87.2 cm³/mol. The highest BCUT2D eigenvalue weighted by Gasteiger charge is 2.23. The molecule has 0 unspecified atom stereocenters. The summed E-state index contributed by atoms with van der Waals surface area (Å²) in [5.41, 5.74) is 3.89. The standard InChI is InChI=1S/C18H20N2O2/c1-13-12-14(22-2)8-9-15(13)18-16(6-5-10-19-18)20-11-4-3-7-17(20)21/h5-6,8-10,12H,3-4,7,11H2,1-2H3. The normalized spacial score (nSPS) is 15.0. The van der Waals surface area contributed by atoms with E-state index in [-0.39, 0.29) is 5.91 Å². The fourth-order valence-electron chi connectivity index (χ4n) is 2.91. The number of aryl methyl sites for hydroxylation is 1. The van der Waals surface area contributed by atoms with Crippen molar-refractivity contribution in [3.05, 3.63) is 42.1 Å². The Morgan fingerprint density at radius 1 is 1.23 bits per heavy atom. The van der Waals surface area contributed by atoms with Crippen molar-refractivity contribution in [2.24, 2.45) is 0 Å². The van der Waals surface area contributed by atoms with Gasteiger partial charge < -0.3 is 9.64 Å². The van der Waals surface area contributed by atoms with Crippen LogP contribution in [0.4, 0.5) is 5.69 Å². The van der Waals surface area contributed by atoms with Crippen LogP contribution >= 0.6 is 0 Å². The lowest BCUT2D eigenvalue weighted by atomic mass is 10.0. The zero-order valence-corrected chi connectivity index (χ0v) is 13.0. The van der Waals surface area contributed by atoms with Crippen LogP contribution in [0, 0.1) is 6.92 Å². The molecule has 2 aromatic rings. The quantitative estimate of drug-likeness (QED) is 0.869. The number of methoxy groups -OCH3 is 1. The molecule has 4 nitrogen and oxygen atoms in total. The van der Waals surface area contributed by atoms with Gasteiger partial charge >= 0.3 is 0 Å². The molecule has 0 N–H and O–H groups in total. The van der Waals surface area contributed by atoms with Crippen molar-refractivity contribution in [1.29, 1.82) is 0 Å². The molecule has 0 spiro atoms. The maximum Gasteiger partial charge on any atom is 0.227 e. The number of anilines is 1. The Balaban J connectivity index is 2.06. The molecule has 4 heteroatoms. The Labute approximate surface area is 130 Å². The summed E-state index contributed by atoms with van der Waals surface area (Å²) in [5, 5.41) is 0. The average molecular weight is 296 g/mol.